The molecule has 0 bridgehead atoms. The monoisotopic (exact) mass is 331 g/mol. The first-order valence-corrected chi connectivity index (χ1v) is 7.88. The molecule has 4 aromatic rings. The van der Waals surface area contributed by atoms with Gasteiger partial charge in [0, 0.05) is 31.2 Å². The van der Waals surface area contributed by atoms with Crippen LogP contribution in [0.4, 0.5) is 11.6 Å². The smallest absolute Gasteiger partial charge is 0.227 e. The molecule has 0 saturated heterocycles. The molecule has 3 aromatic heterocycles. The summed E-state index contributed by atoms with van der Waals surface area (Å²) >= 11 is 0. The average molecular weight is 331 g/mol. The van der Waals surface area contributed by atoms with Crippen molar-refractivity contribution in [1.82, 2.24) is 29.9 Å². The number of aromatic amines is 1. The van der Waals surface area contributed by atoms with E-state index >= 15 is 0 Å². The summed E-state index contributed by atoms with van der Waals surface area (Å²) in [6.07, 6.45) is 7.18. The highest BCUT2D eigenvalue weighted by atomic mass is 15.3. The predicted molar refractivity (Wildman–Crippen MR) is 96.3 cm³/mol. The van der Waals surface area contributed by atoms with E-state index in [-0.39, 0.29) is 0 Å². The topological polar surface area (TPSA) is 84.3 Å². The van der Waals surface area contributed by atoms with E-state index in [0.29, 0.717) is 5.95 Å². The second kappa shape index (κ2) is 6.20. The molecule has 0 radical (unpaired) electrons. The van der Waals surface area contributed by atoms with Gasteiger partial charge in [0.05, 0.1) is 23.3 Å². The van der Waals surface area contributed by atoms with Crippen molar-refractivity contribution >= 4 is 11.6 Å². The Balaban J connectivity index is 1.64. The van der Waals surface area contributed by atoms with Crippen LogP contribution in [-0.2, 0) is 7.05 Å². The number of nitrogens with one attached hydrogen (secondary N) is 2. The molecule has 0 amide bonds. The zero-order chi connectivity index (χ0) is 17.2. The van der Waals surface area contributed by atoms with Crippen LogP contribution in [0.5, 0.6) is 0 Å². The number of hydrogen-bond acceptors (Lipinski definition) is 5. The molecule has 4 rings (SSSR count). The summed E-state index contributed by atoms with van der Waals surface area (Å²) in [5, 5.41) is 14.3. The molecule has 124 valence electrons. The fourth-order valence-electron chi connectivity index (χ4n) is 2.63. The Labute approximate surface area is 144 Å². The van der Waals surface area contributed by atoms with Gasteiger partial charge in [0.2, 0.25) is 5.95 Å². The van der Waals surface area contributed by atoms with Crippen molar-refractivity contribution in [3.8, 4) is 22.5 Å². The maximum atomic E-state index is 4.66. The highest BCUT2D eigenvalue weighted by Crippen LogP contribution is 2.25. The molecule has 7 heteroatoms. The molecule has 25 heavy (non-hydrogen) atoms. The quantitative estimate of drug-likeness (QED) is 0.599. The predicted octanol–water partition coefficient (Wildman–Crippen LogP) is 3.32. The lowest BCUT2D eigenvalue weighted by Crippen LogP contribution is -1.99. The van der Waals surface area contributed by atoms with Crippen LogP contribution >= 0.6 is 0 Å². The molecule has 0 fully saturated rings. The molecule has 0 unspecified atom stereocenters. The number of rotatable bonds is 4. The lowest BCUT2D eigenvalue weighted by atomic mass is 10.0. The van der Waals surface area contributed by atoms with Crippen LogP contribution in [-0.4, -0.2) is 29.9 Å². The van der Waals surface area contributed by atoms with Crippen LogP contribution in [0.2, 0.25) is 0 Å². The first kappa shape index (κ1) is 15.1. The lowest BCUT2D eigenvalue weighted by Gasteiger charge is -2.09. The minimum atomic E-state index is 0.547. The standard InChI is InChI=1S/C18H17N7/c1-12-9-19-18(22-15-10-21-25(2)11-15)23-17(12)14-5-3-13(4-6-14)16-7-8-20-24-16/h3-11H,1-2H3,(H,20,24)(H,19,22,23). The lowest BCUT2D eigenvalue weighted by molar-refractivity contribution is 0.768. The van der Waals surface area contributed by atoms with Crippen LogP contribution in [0.1, 0.15) is 5.56 Å². The van der Waals surface area contributed by atoms with Gasteiger partial charge in [-0.15, -0.1) is 0 Å². The summed E-state index contributed by atoms with van der Waals surface area (Å²) in [6, 6.07) is 10.2. The van der Waals surface area contributed by atoms with Gasteiger partial charge in [0.1, 0.15) is 0 Å². The molecule has 0 aliphatic carbocycles. The molecule has 0 atom stereocenters. The second-order valence-electron chi connectivity index (χ2n) is 5.80. The summed E-state index contributed by atoms with van der Waals surface area (Å²) in [6.45, 7) is 2.01. The number of hydrogen-bond donors (Lipinski definition) is 2. The van der Waals surface area contributed by atoms with Gasteiger partial charge in [0.15, 0.2) is 0 Å². The average Bonchev–Trinajstić information content (AvgIpc) is 3.29. The summed E-state index contributed by atoms with van der Waals surface area (Å²) in [5.74, 6) is 0.547. The van der Waals surface area contributed by atoms with Crippen molar-refractivity contribution in [1.29, 1.82) is 0 Å². The largest absolute Gasteiger partial charge is 0.321 e. The Morgan fingerprint density at radius 1 is 1.04 bits per heavy atom. The zero-order valence-electron chi connectivity index (χ0n) is 13.9. The number of aromatic nitrogens is 6. The third-order valence-electron chi connectivity index (χ3n) is 3.90. The van der Waals surface area contributed by atoms with Gasteiger partial charge in [-0.2, -0.15) is 10.2 Å². The normalized spacial score (nSPS) is 10.8. The zero-order valence-corrected chi connectivity index (χ0v) is 13.9. The van der Waals surface area contributed by atoms with Gasteiger partial charge < -0.3 is 5.32 Å². The molecule has 3 heterocycles. The number of nitrogens with zero attached hydrogens (tertiary/aromatic N) is 5. The Morgan fingerprint density at radius 3 is 2.52 bits per heavy atom. The molecule has 7 nitrogen and oxygen atoms in total. The number of benzene rings is 1. The summed E-state index contributed by atoms with van der Waals surface area (Å²) in [5.41, 5.74) is 5.89. The van der Waals surface area contributed by atoms with E-state index in [1.165, 1.54) is 0 Å². The molecule has 0 aliphatic heterocycles. The van der Waals surface area contributed by atoms with E-state index in [1.54, 1.807) is 17.1 Å². The Kier molecular flexibility index (Phi) is 3.74. The van der Waals surface area contributed by atoms with E-state index in [4.69, 9.17) is 0 Å². The van der Waals surface area contributed by atoms with Gasteiger partial charge >= 0.3 is 0 Å². The first-order valence-electron chi connectivity index (χ1n) is 7.88. The van der Waals surface area contributed by atoms with Crippen molar-refractivity contribution in [3.05, 3.63) is 60.7 Å². The third-order valence-corrected chi connectivity index (χ3v) is 3.90. The van der Waals surface area contributed by atoms with Gasteiger partial charge in [0.25, 0.3) is 0 Å². The van der Waals surface area contributed by atoms with Gasteiger partial charge in [-0.05, 0) is 24.1 Å². The number of anilines is 2. The molecular weight excluding hydrogens is 314 g/mol. The summed E-state index contributed by atoms with van der Waals surface area (Å²) < 4.78 is 1.73. The van der Waals surface area contributed by atoms with Crippen LogP contribution in [0.15, 0.2) is 55.1 Å². The van der Waals surface area contributed by atoms with E-state index in [0.717, 1.165) is 33.8 Å². The minimum Gasteiger partial charge on any atom is -0.321 e. The van der Waals surface area contributed by atoms with Crippen molar-refractivity contribution in [2.45, 2.75) is 6.92 Å². The van der Waals surface area contributed by atoms with E-state index in [9.17, 15) is 0 Å². The van der Waals surface area contributed by atoms with Gasteiger partial charge in [-0.3, -0.25) is 9.78 Å². The fourth-order valence-corrected chi connectivity index (χ4v) is 2.63. The van der Waals surface area contributed by atoms with E-state index in [2.05, 4.69) is 54.8 Å². The number of aryl methyl sites for hydroxylation is 2. The van der Waals surface area contributed by atoms with Crippen molar-refractivity contribution in [3.63, 3.8) is 0 Å². The Hall–Kier alpha value is -3.48. The van der Waals surface area contributed by atoms with Gasteiger partial charge in [-0.1, -0.05) is 24.3 Å². The van der Waals surface area contributed by atoms with Crippen molar-refractivity contribution in [2.75, 3.05) is 5.32 Å². The van der Waals surface area contributed by atoms with E-state index < -0.39 is 0 Å². The van der Waals surface area contributed by atoms with E-state index in [1.807, 2.05) is 32.4 Å². The molecular formula is C18H17N7. The van der Waals surface area contributed by atoms with Crippen molar-refractivity contribution in [2.24, 2.45) is 7.05 Å². The maximum absolute atomic E-state index is 4.66. The highest BCUT2D eigenvalue weighted by molar-refractivity contribution is 5.69. The molecule has 0 aliphatic rings. The van der Waals surface area contributed by atoms with Crippen LogP contribution in [0.25, 0.3) is 22.5 Å². The molecule has 2 N–H and O–H groups in total. The summed E-state index contributed by atoms with van der Waals surface area (Å²) in [7, 11) is 1.87. The third kappa shape index (κ3) is 3.12. The second-order valence-corrected chi connectivity index (χ2v) is 5.80. The molecule has 0 spiro atoms. The van der Waals surface area contributed by atoms with Crippen LogP contribution in [0.3, 0.4) is 0 Å². The molecule has 0 saturated carbocycles. The van der Waals surface area contributed by atoms with Crippen LogP contribution in [0, 0.1) is 6.92 Å². The number of H-pyrrole nitrogens is 1. The first-order chi connectivity index (χ1) is 12.2. The van der Waals surface area contributed by atoms with Crippen molar-refractivity contribution < 1.29 is 0 Å². The maximum Gasteiger partial charge on any atom is 0.227 e. The van der Waals surface area contributed by atoms with Crippen LogP contribution < -0.4 is 5.32 Å². The highest BCUT2D eigenvalue weighted by Gasteiger charge is 2.08. The minimum absolute atomic E-state index is 0.547. The summed E-state index contributed by atoms with van der Waals surface area (Å²) in [4.78, 5) is 9.01. The Morgan fingerprint density at radius 2 is 1.84 bits per heavy atom. The fraction of sp³-hybridized carbons (Fsp3) is 0.111. The van der Waals surface area contributed by atoms with Gasteiger partial charge in [-0.25, -0.2) is 9.97 Å². The SMILES string of the molecule is Cc1cnc(Nc2cnn(C)c2)nc1-c1ccc(-c2ccn[nH]2)cc1. The Bertz CT molecular complexity index is 985. The molecule has 1 aromatic carbocycles.